The summed E-state index contributed by atoms with van der Waals surface area (Å²) in [5, 5.41) is 7.16. The van der Waals surface area contributed by atoms with Gasteiger partial charge in [0.2, 0.25) is 0 Å². The second-order valence-electron chi connectivity index (χ2n) is 8.19. The first kappa shape index (κ1) is 25.6. The van der Waals surface area contributed by atoms with Crippen molar-refractivity contribution < 1.29 is 23.7 Å². The molecule has 37 heavy (non-hydrogen) atoms. The van der Waals surface area contributed by atoms with Gasteiger partial charge >= 0.3 is 0 Å². The van der Waals surface area contributed by atoms with Crippen LogP contribution in [0.4, 0.5) is 5.69 Å². The number of rotatable bonds is 12. The number of hydrogen-bond acceptors (Lipinski definition) is 6. The number of para-hydroxylation sites is 1. The highest BCUT2D eigenvalue weighted by atomic mass is 16.5. The first-order chi connectivity index (χ1) is 18.1. The van der Waals surface area contributed by atoms with Crippen molar-refractivity contribution in [2.75, 3.05) is 18.5 Å². The van der Waals surface area contributed by atoms with Gasteiger partial charge in [-0.15, -0.1) is 0 Å². The average Bonchev–Trinajstić information content (AvgIpc) is 3.39. The van der Waals surface area contributed by atoms with Crippen molar-refractivity contribution in [2.45, 2.75) is 34.1 Å². The molecule has 0 radical (unpaired) electrons. The highest BCUT2D eigenvalue weighted by Crippen LogP contribution is 2.29. The molecule has 0 unspecified atom stereocenters. The summed E-state index contributed by atoms with van der Waals surface area (Å²) in [6, 6.07) is 22.4. The number of carbonyl (C=O) groups excluding carboxylic acids is 1. The third-order valence-electron chi connectivity index (χ3n) is 5.44. The summed E-state index contributed by atoms with van der Waals surface area (Å²) in [7, 11) is 0. The first-order valence-electron chi connectivity index (χ1n) is 12.2. The minimum absolute atomic E-state index is 0.213. The predicted octanol–water partition coefficient (Wildman–Crippen LogP) is 5.86. The summed E-state index contributed by atoms with van der Waals surface area (Å²) in [5.41, 5.74) is 2.94. The van der Waals surface area contributed by atoms with Gasteiger partial charge in [-0.05, 0) is 80.4 Å². The monoisotopic (exact) mass is 501 g/mol. The van der Waals surface area contributed by atoms with Crippen LogP contribution in [0.15, 0.2) is 79.0 Å². The van der Waals surface area contributed by atoms with Crippen LogP contribution in [0.25, 0.3) is 0 Å². The number of anilines is 1. The molecule has 1 amide bonds. The standard InChI is InChI=1S/C29H31N3O5/c1-4-34-27-15-10-22(18-28(27)35-5-2)19-36-24-13-11-23(12-14-24)30-29(33)25-16-17-32(31-25)20-37-26-9-7-6-8-21(26)3/h6-18H,4-5,19-20H2,1-3H3,(H,30,33). The molecule has 192 valence electrons. The Morgan fingerprint density at radius 3 is 2.35 bits per heavy atom. The smallest absolute Gasteiger partial charge is 0.276 e. The maximum absolute atomic E-state index is 12.6. The van der Waals surface area contributed by atoms with E-state index in [1.165, 1.54) is 0 Å². The van der Waals surface area contributed by atoms with Gasteiger partial charge in [0, 0.05) is 11.9 Å². The Labute approximate surface area is 216 Å². The molecule has 0 saturated heterocycles. The van der Waals surface area contributed by atoms with Gasteiger partial charge in [-0.2, -0.15) is 5.10 Å². The number of ether oxygens (including phenoxy) is 4. The molecule has 1 heterocycles. The summed E-state index contributed by atoms with van der Waals surface area (Å²) in [6.07, 6.45) is 1.71. The molecule has 1 N–H and O–H groups in total. The quantitative estimate of drug-likeness (QED) is 0.262. The molecule has 0 aliphatic carbocycles. The number of amides is 1. The van der Waals surface area contributed by atoms with E-state index in [1.54, 1.807) is 29.1 Å². The lowest BCUT2D eigenvalue weighted by Gasteiger charge is -2.13. The van der Waals surface area contributed by atoms with Gasteiger partial charge in [0.25, 0.3) is 5.91 Å². The van der Waals surface area contributed by atoms with E-state index in [1.807, 2.05) is 75.4 Å². The Balaban J connectivity index is 1.29. The van der Waals surface area contributed by atoms with Crippen molar-refractivity contribution in [3.05, 3.63) is 95.8 Å². The van der Waals surface area contributed by atoms with Crippen LogP contribution in [0.1, 0.15) is 35.5 Å². The molecule has 0 bridgehead atoms. The van der Waals surface area contributed by atoms with Gasteiger partial charge in [0.05, 0.1) is 13.2 Å². The van der Waals surface area contributed by atoms with Crippen molar-refractivity contribution in [2.24, 2.45) is 0 Å². The average molecular weight is 502 g/mol. The van der Waals surface area contributed by atoms with E-state index >= 15 is 0 Å². The molecule has 0 aliphatic heterocycles. The number of carbonyl (C=O) groups is 1. The lowest BCUT2D eigenvalue weighted by molar-refractivity contribution is 0.102. The Morgan fingerprint density at radius 2 is 1.59 bits per heavy atom. The summed E-state index contributed by atoms with van der Waals surface area (Å²) < 4.78 is 24.5. The summed E-state index contributed by atoms with van der Waals surface area (Å²) >= 11 is 0. The number of benzene rings is 3. The minimum Gasteiger partial charge on any atom is -0.490 e. The molecular formula is C29H31N3O5. The maximum Gasteiger partial charge on any atom is 0.276 e. The molecule has 0 saturated carbocycles. The number of aromatic nitrogens is 2. The van der Waals surface area contributed by atoms with Crippen molar-refractivity contribution in [1.29, 1.82) is 0 Å². The fourth-order valence-corrected chi connectivity index (χ4v) is 3.59. The van der Waals surface area contributed by atoms with Crippen LogP contribution >= 0.6 is 0 Å². The van der Waals surface area contributed by atoms with Gasteiger partial charge in [0.15, 0.2) is 23.9 Å². The van der Waals surface area contributed by atoms with Crippen LogP contribution in [0.3, 0.4) is 0 Å². The molecule has 0 fully saturated rings. The van der Waals surface area contributed by atoms with Gasteiger partial charge in [-0.1, -0.05) is 24.3 Å². The van der Waals surface area contributed by atoms with E-state index in [9.17, 15) is 4.79 Å². The van der Waals surface area contributed by atoms with Crippen LogP contribution < -0.4 is 24.3 Å². The van der Waals surface area contributed by atoms with Gasteiger partial charge in [-0.3, -0.25) is 4.79 Å². The number of nitrogens with zero attached hydrogens (tertiary/aromatic N) is 2. The van der Waals surface area contributed by atoms with Crippen LogP contribution in [-0.4, -0.2) is 28.9 Å². The van der Waals surface area contributed by atoms with Crippen molar-refractivity contribution >= 4 is 11.6 Å². The largest absolute Gasteiger partial charge is 0.490 e. The molecule has 4 rings (SSSR count). The lowest BCUT2D eigenvalue weighted by atomic mass is 10.2. The second-order valence-corrected chi connectivity index (χ2v) is 8.19. The zero-order valence-corrected chi connectivity index (χ0v) is 21.3. The SMILES string of the molecule is CCOc1ccc(COc2ccc(NC(=O)c3ccn(COc4ccccc4C)n3)cc2)cc1OCC. The highest BCUT2D eigenvalue weighted by molar-refractivity contribution is 6.02. The van der Waals surface area contributed by atoms with E-state index in [0.29, 0.717) is 42.7 Å². The first-order valence-corrected chi connectivity index (χ1v) is 12.2. The number of nitrogens with one attached hydrogen (secondary N) is 1. The van der Waals surface area contributed by atoms with E-state index in [2.05, 4.69) is 10.4 Å². The van der Waals surface area contributed by atoms with E-state index < -0.39 is 0 Å². The third-order valence-corrected chi connectivity index (χ3v) is 5.44. The third kappa shape index (κ3) is 7.04. The second kappa shape index (κ2) is 12.5. The van der Waals surface area contributed by atoms with E-state index in [-0.39, 0.29) is 12.6 Å². The van der Waals surface area contributed by atoms with E-state index in [4.69, 9.17) is 18.9 Å². The number of hydrogen-bond donors (Lipinski definition) is 1. The maximum atomic E-state index is 12.6. The van der Waals surface area contributed by atoms with Crippen LogP contribution in [0, 0.1) is 6.92 Å². The summed E-state index contributed by atoms with van der Waals surface area (Å²) in [6.45, 7) is 7.57. The van der Waals surface area contributed by atoms with Crippen LogP contribution in [0.2, 0.25) is 0 Å². The Kier molecular flexibility index (Phi) is 8.65. The molecule has 3 aromatic carbocycles. The molecule has 8 nitrogen and oxygen atoms in total. The van der Waals surface area contributed by atoms with Crippen molar-refractivity contribution in [1.82, 2.24) is 9.78 Å². The molecule has 8 heteroatoms. The Morgan fingerprint density at radius 1 is 0.838 bits per heavy atom. The zero-order valence-electron chi connectivity index (χ0n) is 21.3. The Bertz CT molecular complexity index is 1320. The normalized spacial score (nSPS) is 10.6. The fraction of sp³-hybridized carbons (Fsp3) is 0.241. The molecule has 0 spiro atoms. The van der Waals surface area contributed by atoms with E-state index in [0.717, 1.165) is 22.6 Å². The molecule has 1 aromatic heterocycles. The van der Waals surface area contributed by atoms with Gasteiger partial charge in [-0.25, -0.2) is 4.68 Å². The minimum atomic E-state index is -0.304. The number of aryl methyl sites for hydroxylation is 1. The van der Waals surface area contributed by atoms with Crippen LogP contribution in [-0.2, 0) is 13.3 Å². The Hall–Kier alpha value is -4.46. The highest BCUT2D eigenvalue weighted by Gasteiger charge is 2.11. The van der Waals surface area contributed by atoms with Gasteiger partial charge in [0.1, 0.15) is 18.1 Å². The molecule has 0 atom stereocenters. The summed E-state index contributed by atoms with van der Waals surface area (Å²) in [4.78, 5) is 12.6. The molecular weight excluding hydrogens is 470 g/mol. The predicted molar refractivity (Wildman–Crippen MR) is 142 cm³/mol. The van der Waals surface area contributed by atoms with Gasteiger partial charge < -0.3 is 24.3 Å². The van der Waals surface area contributed by atoms with Crippen LogP contribution in [0.5, 0.6) is 23.0 Å². The lowest BCUT2D eigenvalue weighted by Crippen LogP contribution is -2.14. The fourth-order valence-electron chi connectivity index (χ4n) is 3.59. The topological polar surface area (TPSA) is 83.8 Å². The molecule has 4 aromatic rings. The molecule has 0 aliphatic rings. The van der Waals surface area contributed by atoms with Crippen molar-refractivity contribution in [3.8, 4) is 23.0 Å². The zero-order chi connectivity index (χ0) is 26.0. The summed E-state index contributed by atoms with van der Waals surface area (Å²) in [5.74, 6) is 2.58. The van der Waals surface area contributed by atoms with Crippen molar-refractivity contribution in [3.63, 3.8) is 0 Å².